The van der Waals surface area contributed by atoms with Gasteiger partial charge in [0.2, 0.25) is 0 Å². The van der Waals surface area contributed by atoms with Crippen molar-refractivity contribution in [2.24, 2.45) is 0 Å². The van der Waals surface area contributed by atoms with Gasteiger partial charge >= 0.3 is 6.09 Å². The van der Waals surface area contributed by atoms with E-state index in [0.717, 1.165) is 16.7 Å². The van der Waals surface area contributed by atoms with Crippen LogP contribution >= 0.6 is 39.3 Å². The van der Waals surface area contributed by atoms with Crippen LogP contribution in [-0.2, 0) is 6.54 Å². The van der Waals surface area contributed by atoms with Crippen LogP contribution in [0.1, 0.15) is 15.9 Å². The molecule has 0 unspecified atom stereocenters. The van der Waals surface area contributed by atoms with E-state index in [-0.39, 0.29) is 6.54 Å². The number of carbonyl (C=O) groups excluding carboxylic acids is 1. The van der Waals surface area contributed by atoms with Crippen LogP contribution in [0.3, 0.4) is 0 Å². The molecule has 4 nitrogen and oxygen atoms in total. The second kappa shape index (κ2) is 7.67. The fourth-order valence-electron chi connectivity index (χ4n) is 1.77. The van der Waals surface area contributed by atoms with E-state index in [2.05, 4.69) is 21.2 Å². The lowest BCUT2D eigenvalue weighted by Crippen LogP contribution is -2.20. The number of benzene rings is 2. The lowest BCUT2D eigenvalue weighted by Gasteiger charge is -2.13. The first kappa shape index (κ1) is 16.9. The Labute approximate surface area is 145 Å². The molecule has 0 saturated heterocycles. The topological polar surface area (TPSA) is 66.4 Å². The maximum atomic E-state index is 11.1. The largest absolute Gasteiger partial charge is 0.465 e. The Morgan fingerprint density at radius 2 is 2.05 bits per heavy atom. The van der Waals surface area contributed by atoms with E-state index in [1.54, 1.807) is 24.3 Å². The van der Waals surface area contributed by atoms with E-state index >= 15 is 0 Å². The Balaban J connectivity index is 2.41. The summed E-state index contributed by atoms with van der Waals surface area (Å²) in [5.41, 5.74) is 1.29. The Hall–Kier alpha value is -1.50. The van der Waals surface area contributed by atoms with Crippen molar-refractivity contribution in [1.82, 2.24) is 5.32 Å². The second-order valence-corrected chi connectivity index (χ2v) is 6.55. The summed E-state index contributed by atoms with van der Waals surface area (Å²) in [6.07, 6.45) is -0.327. The molecule has 2 rings (SSSR count). The maximum absolute atomic E-state index is 11.1. The van der Waals surface area contributed by atoms with Crippen molar-refractivity contribution in [1.29, 1.82) is 0 Å². The van der Waals surface area contributed by atoms with Crippen LogP contribution in [0, 0.1) is 0 Å². The quantitative estimate of drug-likeness (QED) is 0.705. The Morgan fingerprint density at radius 1 is 1.32 bits per heavy atom. The summed E-state index contributed by atoms with van der Waals surface area (Å²) in [6.45, 7) is 0.133. The molecule has 0 bridgehead atoms. The third kappa shape index (κ3) is 4.03. The molecule has 0 saturated carbocycles. The van der Waals surface area contributed by atoms with E-state index in [9.17, 15) is 9.59 Å². The molecule has 0 fully saturated rings. The average molecular weight is 401 g/mol. The molecule has 2 aromatic rings. The molecule has 2 N–H and O–H groups in total. The number of hydrogen-bond acceptors (Lipinski definition) is 3. The molecule has 0 spiro atoms. The summed E-state index contributed by atoms with van der Waals surface area (Å²) in [7, 11) is 0. The predicted octanol–water partition coefficient (Wildman–Crippen LogP) is 4.83. The van der Waals surface area contributed by atoms with Crippen molar-refractivity contribution in [3.8, 4) is 0 Å². The molecular formula is C15H11BrClNO3S. The van der Waals surface area contributed by atoms with Crippen LogP contribution in [0.5, 0.6) is 0 Å². The molecule has 114 valence electrons. The zero-order valence-corrected chi connectivity index (χ0v) is 14.3. The highest BCUT2D eigenvalue weighted by Crippen LogP contribution is 2.40. The van der Waals surface area contributed by atoms with E-state index in [1.165, 1.54) is 11.8 Å². The average Bonchev–Trinajstić information content (AvgIpc) is 2.51. The summed E-state index contributed by atoms with van der Waals surface area (Å²) < 4.78 is 0.708. The molecule has 0 aliphatic heterocycles. The van der Waals surface area contributed by atoms with Crippen LogP contribution < -0.4 is 5.32 Å². The highest BCUT2D eigenvalue weighted by atomic mass is 79.9. The Bertz CT molecular complexity index is 724. The molecule has 0 aliphatic rings. The molecule has 22 heavy (non-hydrogen) atoms. The molecule has 0 radical (unpaired) electrons. The van der Waals surface area contributed by atoms with Gasteiger partial charge in [-0.25, -0.2) is 4.79 Å². The van der Waals surface area contributed by atoms with Crippen molar-refractivity contribution in [2.45, 2.75) is 16.3 Å². The van der Waals surface area contributed by atoms with E-state index in [0.29, 0.717) is 20.0 Å². The van der Waals surface area contributed by atoms with Crippen molar-refractivity contribution < 1.29 is 14.7 Å². The van der Waals surface area contributed by atoms with Crippen LogP contribution in [0.4, 0.5) is 4.79 Å². The second-order valence-electron chi connectivity index (χ2n) is 4.27. The third-order valence-electron chi connectivity index (χ3n) is 2.82. The minimum atomic E-state index is -1.11. The first-order valence-corrected chi connectivity index (χ1v) is 8.17. The molecule has 2 aromatic carbocycles. The molecule has 0 aliphatic carbocycles. The number of amides is 1. The summed E-state index contributed by atoms with van der Waals surface area (Å²) in [5.74, 6) is 0. The number of hydrogen-bond donors (Lipinski definition) is 2. The summed E-state index contributed by atoms with van der Waals surface area (Å²) in [4.78, 5) is 23.3. The Kier molecular flexibility index (Phi) is 5.88. The van der Waals surface area contributed by atoms with E-state index in [4.69, 9.17) is 16.7 Å². The van der Waals surface area contributed by atoms with Crippen molar-refractivity contribution in [3.63, 3.8) is 0 Å². The first-order valence-electron chi connectivity index (χ1n) is 6.18. The van der Waals surface area contributed by atoms with E-state index < -0.39 is 6.09 Å². The fourth-order valence-corrected chi connectivity index (χ4v) is 3.61. The lowest BCUT2D eigenvalue weighted by atomic mass is 10.2. The number of carboxylic acid groups (broad SMARTS) is 1. The minimum Gasteiger partial charge on any atom is -0.465 e. The van der Waals surface area contributed by atoms with Crippen molar-refractivity contribution in [3.05, 3.63) is 57.0 Å². The zero-order valence-electron chi connectivity index (χ0n) is 11.2. The van der Waals surface area contributed by atoms with Gasteiger partial charge in [-0.2, -0.15) is 0 Å². The molecule has 7 heteroatoms. The number of carbonyl (C=O) groups is 2. The number of aldehydes is 1. The monoisotopic (exact) mass is 399 g/mol. The van der Waals surface area contributed by atoms with Gasteiger partial charge < -0.3 is 10.4 Å². The molecule has 0 atom stereocenters. The van der Waals surface area contributed by atoms with Gasteiger partial charge in [-0.15, -0.1) is 0 Å². The van der Waals surface area contributed by atoms with Crippen LogP contribution in [0.25, 0.3) is 0 Å². The summed E-state index contributed by atoms with van der Waals surface area (Å²) >= 11 is 11.0. The SMILES string of the molecule is O=Cc1ccccc1Sc1c(CNC(=O)O)ccc(Br)c1Cl. The number of halogens is 2. The predicted molar refractivity (Wildman–Crippen MR) is 90.0 cm³/mol. The smallest absolute Gasteiger partial charge is 0.404 e. The maximum Gasteiger partial charge on any atom is 0.404 e. The van der Waals surface area contributed by atoms with Gasteiger partial charge in [0, 0.05) is 26.4 Å². The van der Waals surface area contributed by atoms with Gasteiger partial charge in [-0.05, 0) is 33.6 Å². The fraction of sp³-hybridized carbons (Fsp3) is 0.0667. The van der Waals surface area contributed by atoms with Gasteiger partial charge in [0.25, 0.3) is 0 Å². The van der Waals surface area contributed by atoms with Gasteiger partial charge in [0.05, 0.1) is 5.02 Å². The number of rotatable bonds is 5. The minimum absolute atomic E-state index is 0.133. The first-order chi connectivity index (χ1) is 10.5. The highest BCUT2D eigenvalue weighted by molar-refractivity contribution is 9.10. The van der Waals surface area contributed by atoms with E-state index in [1.807, 2.05) is 12.1 Å². The van der Waals surface area contributed by atoms with Crippen molar-refractivity contribution >= 4 is 51.7 Å². The van der Waals surface area contributed by atoms with Gasteiger partial charge in [0.15, 0.2) is 6.29 Å². The summed E-state index contributed by atoms with van der Waals surface area (Å²) in [6, 6.07) is 10.7. The molecule has 1 amide bonds. The number of nitrogens with one attached hydrogen (secondary N) is 1. The van der Waals surface area contributed by atoms with Gasteiger partial charge in [0.1, 0.15) is 0 Å². The van der Waals surface area contributed by atoms with Gasteiger partial charge in [-0.3, -0.25) is 4.79 Å². The lowest BCUT2D eigenvalue weighted by molar-refractivity contribution is 0.112. The van der Waals surface area contributed by atoms with Crippen molar-refractivity contribution in [2.75, 3.05) is 0 Å². The Morgan fingerprint density at radius 3 is 2.73 bits per heavy atom. The summed E-state index contributed by atoms with van der Waals surface area (Å²) in [5, 5.41) is 11.6. The molecule has 0 aromatic heterocycles. The molecular weight excluding hydrogens is 390 g/mol. The normalized spacial score (nSPS) is 10.3. The van der Waals surface area contributed by atoms with Gasteiger partial charge in [-0.1, -0.05) is 47.6 Å². The zero-order chi connectivity index (χ0) is 16.1. The third-order valence-corrected chi connectivity index (χ3v) is 5.48. The van der Waals surface area contributed by atoms with Crippen LogP contribution in [-0.4, -0.2) is 17.5 Å². The molecule has 0 heterocycles. The van der Waals surface area contributed by atoms with Crippen LogP contribution in [0.2, 0.25) is 5.02 Å². The standard InChI is InChI=1S/C15H11BrClNO3S/c16-11-6-5-9(7-18-15(20)21)14(13(11)17)22-12-4-2-1-3-10(12)8-19/h1-6,8,18H,7H2,(H,20,21). The van der Waals surface area contributed by atoms with Crippen LogP contribution in [0.15, 0.2) is 50.7 Å². The highest BCUT2D eigenvalue weighted by Gasteiger charge is 2.14.